The molecule has 5 heteroatoms. The molecule has 0 atom stereocenters. The lowest BCUT2D eigenvalue weighted by atomic mass is 9.81. The van der Waals surface area contributed by atoms with E-state index in [9.17, 15) is 18.0 Å². The highest BCUT2D eigenvalue weighted by Crippen LogP contribution is 2.37. The third kappa shape index (κ3) is 2.14. The normalized spacial score (nSPS) is 18.5. The molecule has 2 nitrogen and oxygen atoms in total. The minimum Gasteiger partial charge on any atom is -0.325 e. The number of alkyl halides is 3. The summed E-state index contributed by atoms with van der Waals surface area (Å²) in [6, 6.07) is 3.47. The molecule has 0 spiro atoms. The summed E-state index contributed by atoms with van der Waals surface area (Å²) in [5.74, 6) is -0.246. The van der Waals surface area contributed by atoms with Crippen LogP contribution < -0.4 is 5.32 Å². The number of hydrogen-bond donors (Lipinski definition) is 1. The molecule has 0 unspecified atom stereocenters. The van der Waals surface area contributed by atoms with E-state index in [0.717, 1.165) is 17.7 Å². The molecule has 0 bridgehead atoms. The molecular formula is C12H12F3NO. The molecule has 1 aliphatic heterocycles. The van der Waals surface area contributed by atoms with E-state index in [0.29, 0.717) is 6.42 Å². The van der Waals surface area contributed by atoms with Crippen molar-refractivity contribution in [1.82, 2.24) is 0 Å². The predicted molar refractivity (Wildman–Crippen MR) is 57.6 cm³/mol. The van der Waals surface area contributed by atoms with Crippen LogP contribution in [0.4, 0.5) is 18.9 Å². The number of benzene rings is 1. The van der Waals surface area contributed by atoms with Gasteiger partial charge in [0.2, 0.25) is 5.91 Å². The summed E-state index contributed by atoms with van der Waals surface area (Å²) in [6.07, 6.45) is -3.93. The Morgan fingerprint density at radius 3 is 2.53 bits per heavy atom. The second-order valence-electron chi connectivity index (χ2n) is 4.88. The Balaban J connectivity index is 2.43. The second-order valence-corrected chi connectivity index (χ2v) is 4.88. The summed E-state index contributed by atoms with van der Waals surface area (Å²) in [5, 5.41) is 2.52. The van der Waals surface area contributed by atoms with Crippen molar-refractivity contribution in [2.24, 2.45) is 5.41 Å². The van der Waals surface area contributed by atoms with Crippen LogP contribution in [0.1, 0.15) is 25.0 Å². The second kappa shape index (κ2) is 3.48. The Labute approximate surface area is 96.8 Å². The van der Waals surface area contributed by atoms with Gasteiger partial charge in [-0.15, -0.1) is 0 Å². The van der Waals surface area contributed by atoms with E-state index in [-0.39, 0.29) is 11.6 Å². The van der Waals surface area contributed by atoms with Gasteiger partial charge in [-0.05, 0) is 24.1 Å². The van der Waals surface area contributed by atoms with Gasteiger partial charge in [0.15, 0.2) is 0 Å². The van der Waals surface area contributed by atoms with E-state index >= 15 is 0 Å². The number of nitrogens with one attached hydrogen (secondary N) is 1. The van der Waals surface area contributed by atoms with Gasteiger partial charge in [0.05, 0.1) is 5.56 Å². The molecule has 1 aromatic rings. The highest BCUT2D eigenvalue weighted by molar-refractivity contribution is 5.98. The number of carbonyl (C=O) groups is 1. The van der Waals surface area contributed by atoms with E-state index in [1.54, 1.807) is 13.8 Å². The Kier molecular flexibility index (Phi) is 2.45. The van der Waals surface area contributed by atoms with Crippen molar-refractivity contribution < 1.29 is 18.0 Å². The third-order valence-electron chi connectivity index (χ3n) is 2.93. The number of fused-ring (bicyclic) bond motifs is 1. The topological polar surface area (TPSA) is 29.1 Å². The first-order valence-corrected chi connectivity index (χ1v) is 5.22. The summed E-state index contributed by atoms with van der Waals surface area (Å²) >= 11 is 0. The first kappa shape index (κ1) is 12.0. The van der Waals surface area contributed by atoms with Crippen LogP contribution in [-0.2, 0) is 17.4 Å². The van der Waals surface area contributed by atoms with E-state index in [4.69, 9.17) is 0 Å². The van der Waals surface area contributed by atoms with Crippen LogP contribution in [0.15, 0.2) is 18.2 Å². The number of hydrogen-bond acceptors (Lipinski definition) is 1. The molecule has 1 amide bonds. The standard InChI is InChI=1S/C12H12F3NO/c1-11(2)6-7-3-4-8(12(13,14)15)5-9(7)16-10(11)17/h3-5H,6H2,1-2H3,(H,16,17). The van der Waals surface area contributed by atoms with Crippen LogP contribution in [0.3, 0.4) is 0 Å². The highest BCUT2D eigenvalue weighted by atomic mass is 19.4. The fourth-order valence-electron chi connectivity index (χ4n) is 1.87. The molecule has 1 aromatic carbocycles. The average Bonchev–Trinajstić information content (AvgIpc) is 2.17. The number of rotatable bonds is 0. The lowest BCUT2D eigenvalue weighted by molar-refractivity contribution is -0.137. The number of amides is 1. The Morgan fingerprint density at radius 2 is 1.94 bits per heavy atom. The van der Waals surface area contributed by atoms with Gasteiger partial charge in [-0.2, -0.15) is 13.2 Å². The molecule has 2 rings (SSSR count). The summed E-state index contributed by atoms with van der Waals surface area (Å²) < 4.78 is 37.5. The molecule has 0 saturated heterocycles. The van der Waals surface area contributed by atoms with Crippen molar-refractivity contribution in [3.63, 3.8) is 0 Å². The van der Waals surface area contributed by atoms with Gasteiger partial charge in [-0.25, -0.2) is 0 Å². The van der Waals surface area contributed by atoms with Gasteiger partial charge in [0.1, 0.15) is 0 Å². The van der Waals surface area contributed by atoms with Gasteiger partial charge in [0.25, 0.3) is 0 Å². The summed E-state index contributed by atoms with van der Waals surface area (Å²) in [5.41, 5.74) is -0.310. The van der Waals surface area contributed by atoms with Crippen LogP contribution in [0.25, 0.3) is 0 Å². The summed E-state index contributed by atoms with van der Waals surface area (Å²) in [6.45, 7) is 3.53. The minimum absolute atomic E-state index is 0.246. The molecule has 0 saturated carbocycles. The van der Waals surface area contributed by atoms with Crippen LogP contribution in [0.2, 0.25) is 0 Å². The molecule has 1 N–H and O–H groups in total. The first-order chi connectivity index (χ1) is 7.70. The van der Waals surface area contributed by atoms with Crippen LogP contribution >= 0.6 is 0 Å². The van der Waals surface area contributed by atoms with Crippen molar-refractivity contribution >= 4 is 11.6 Å². The molecule has 1 aliphatic rings. The van der Waals surface area contributed by atoms with Crippen molar-refractivity contribution in [2.75, 3.05) is 5.32 Å². The molecule has 0 aliphatic carbocycles. The molecule has 17 heavy (non-hydrogen) atoms. The van der Waals surface area contributed by atoms with Gasteiger partial charge in [-0.1, -0.05) is 19.9 Å². The number of carbonyl (C=O) groups excluding carboxylic acids is 1. The summed E-state index contributed by atoms with van der Waals surface area (Å²) in [4.78, 5) is 11.6. The Morgan fingerprint density at radius 1 is 1.29 bits per heavy atom. The smallest absolute Gasteiger partial charge is 0.325 e. The van der Waals surface area contributed by atoms with E-state index in [1.165, 1.54) is 6.07 Å². The van der Waals surface area contributed by atoms with Crippen LogP contribution in [0, 0.1) is 5.41 Å². The SMILES string of the molecule is CC1(C)Cc2ccc(C(F)(F)F)cc2NC1=O. The Hall–Kier alpha value is -1.52. The average molecular weight is 243 g/mol. The largest absolute Gasteiger partial charge is 0.416 e. The van der Waals surface area contributed by atoms with E-state index < -0.39 is 17.2 Å². The molecule has 1 heterocycles. The maximum atomic E-state index is 12.5. The van der Waals surface area contributed by atoms with Gasteiger partial charge >= 0.3 is 6.18 Å². The third-order valence-corrected chi connectivity index (χ3v) is 2.93. The molecule has 0 aromatic heterocycles. The highest BCUT2D eigenvalue weighted by Gasteiger charge is 2.36. The molecular weight excluding hydrogens is 231 g/mol. The van der Waals surface area contributed by atoms with Crippen molar-refractivity contribution in [1.29, 1.82) is 0 Å². The van der Waals surface area contributed by atoms with Crippen molar-refractivity contribution in [3.05, 3.63) is 29.3 Å². The minimum atomic E-state index is -4.38. The van der Waals surface area contributed by atoms with E-state index in [1.807, 2.05) is 0 Å². The fraction of sp³-hybridized carbons (Fsp3) is 0.417. The van der Waals surface area contributed by atoms with Crippen molar-refractivity contribution in [2.45, 2.75) is 26.4 Å². The van der Waals surface area contributed by atoms with E-state index in [2.05, 4.69) is 5.32 Å². The predicted octanol–water partition coefficient (Wildman–Crippen LogP) is 3.23. The van der Waals surface area contributed by atoms with Gasteiger partial charge in [0, 0.05) is 11.1 Å². The number of anilines is 1. The molecule has 0 radical (unpaired) electrons. The maximum Gasteiger partial charge on any atom is 0.416 e. The molecule has 0 fully saturated rings. The quantitative estimate of drug-likeness (QED) is 0.744. The van der Waals surface area contributed by atoms with Gasteiger partial charge < -0.3 is 5.32 Å². The lowest BCUT2D eigenvalue weighted by Gasteiger charge is -2.30. The monoisotopic (exact) mass is 243 g/mol. The number of halogens is 3. The van der Waals surface area contributed by atoms with Crippen LogP contribution in [0.5, 0.6) is 0 Å². The molecule has 92 valence electrons. The van der Waals surface area contributed by atoms with Gasteiger partial charge in [-0.3, -0.25) is 4.79 Å². The van der Waals surface area contributed by atoms with Crippen molar-refractivity contribution in [3.8, 4) is 0 Å². The lowest BCUT2D eigenvalue weighted by Crippen LogP contribution is -2.37. The van der Waals surface area contributed by atoms with Crippen LogP contribution in [-0.4, -0.2) is 5.91 Å². The Bertz CT molecular complexity index is 477. The zero-order valence-electron chi connectivity index (χ0n) is 9.48. The zero-order chi connectivity index (χ0) is 12.8. The first-order valence-electron chi connectivity index (χ1n) is 5.22. The fourth-order valence-corrected chi connectivity index (χ4v) is 1.87. The zero-order valence-corrected chi connectivity index (χ0v) is 9.48. The maximum absolute atomic E-state index is 12.5. The summed E-state index contributed by atoms with van der Waals surface area (Å²) in [7, 11) is 0.